The summed E-state index contributed by atoms with van der Waals surface area (Å²) < 4.78 is 43.6. The Morgan fingerprint density at radius 2 is 1.79 bits per heavy atom. The minimum absolute atomic E-state index is 0.236. The van der Waals surface area contributed by atoms with Gasteiger partial charge >= 0.3 is 12.1 Å². The van der Waals surface area contributed by atoms with Crippen LogP contribution in [0.2, 0.25) is 0 Å². The monoisotopic (exact) mass is 401 g/mol. The van der Waals surface area contributed by atoms with Crippen LogP contribution in [0.1, 0.15) is 32.8 Å². The molecule has 0 saturated carbocycles. The molecule has 1 saturated heterocycles. The maximum Gasteiger partial charge on any atom is 0.416 e. The van der Waals surface area contributed by atoms with Gasteiger partial charge in [-0.2, -0.15) is 13.2 Å². The molecule has 1 fully saturated rings. The molecule has 1 heterocycles. The predicted molar refractivity (Wildman–Crippen MR) is 99.6 cm³/mol. The highest BCUT2D eigenvalue weighted by Crippen LogP contribution is 2.30. The normalized spacial score (nSPS) is 17.4. The number of benzene rings is 1. The average Bonchev–Trinajstić information content (AvgIpc) is 2.59. The van der Waals surface area contributed by atoms with Crippen molar-refractivity contribution >= 4 is 17.6 Å². The molecule has 1 aliphatic heterocycles. The van der Waals surface area contributed by atoms with Crippen LogP contribution in [0, 0.1) is 5.41 Å². The number of guanidine groups is 1. The molecular weight excluding hydrogens is 375 g/mol. The van der Waals surface area contributed by atoms with E-state index in [2.05, 4.69) is 10.3 Å². The molecule has 1 aliphatic rings. The van der Waals surface area contributed by atoms with E-state index in [0.29, 0.717) is 44.4 Å². The number of hydrogen-bond acceptors (Lipinski definition) is 3. The second-order valence-electron chi connectivity index (χ2n) is 7.88. The maximum absolute atomic E-state index is 12.8. The van der Waals surface area contributed by atoms with Crippen LogP contribution in [0.25, 0.3) is 0 Å². The molecule has 6 nitrogen and oxygen atoms in total. The first-order valence-electron chi connectivity index (χ1n) is 9.04. The minimum Gasteiger partial charge on any atom is -0.480 e. The molecule has 28 heavy (non-hydrogen) atoms. The van der Waals surface area contributed by atoms with Gasteiger partial charge in [-0.15, -0.1) is 0 Å². The second-order valence-corrected chi connectivity index (χ2v) is 7.88. The Kier molecular flexibility index (Phi) is 6.92. The number of ether oxygens (including phenoxy) is 1. The largest absolute Gasteiger partial charge is 0.480 e. The summed E-state index contributed by atoms with van der Waals surface area (Å²) in [5.74, 6) is -0.692. The highest BCUT2D eigenvalue weighted by molar-refractivity contribution is 5.87. The summed E-state index contributed by atoms with van der Waals surface area (Å²) in [4.78, 5) is 18.0. The van der Waals surface area contributed by atoms with Gasteiger partial charge < -0.3 is 20.1 Å². The topological polar surface area (TPSA) is 74.2 Å². The van der Waals surface area contributed by atoms with Crippen LogP contribution >= 0.6 is 0 Å². The fourth-order valence-corrected chi connectivity index (χ4v) is 2.78. The van der Waals surface area contributed by atoms with Crippen molar-refractivity contribution in [2.45, 2.75) is 39.4 Å². The highest BCUT2D eigenvalue weighted by Gasteiger charge is 2.30. The Morgan fingerprint density at radius 3 is 2.25 bits per heavy atom. The quantitative estimate of drug-likeness (QED) is 0.597. The van der Waals surface area contributed by atoms with Gasteiger partial charge in [0.1, 0.15) is 6.04 Å². The van der Waals surface area contributed by atoms with E-state index in [4.69, 9.17) is 4.74 Å². The second kappa shape index (κ2) is 8.81. The third-order valence-corrected chi connectivity index (χ3v) is 4.16. The van der Waals surface area contributed by atoms with Gasteiger partial charge in [-0.05, 0) is 36.1 Å². The third kappa shape index (κ3) is 6.70. The minimum atomic E-state index is -4.42. The molecule has 1 aromatic carbocycles. The lowest BCUT2D eigenvalue weighted by Gasteiger charge is -2.33. The van der Waals surface area contributed by atoms with E-state index in [9.17, 15) is 23.1 Å². The number of carboxylic acid groups (broad SMARTS) is 1. The lowest BCUT2D eigenvalue weighted by Crippen LogP contribution is -2.52. The van der Waals surface area contributed by atoms with Gasteiger partial charge in [0.2, 0.25) is 0 Å². The SMILES string of the molecule is CC(C)(C)CC(N/C(=N\c1ccc(C(F)(F)F)cc1)N1CCOCC1)C(=O)O. The number of halogens is 3. The zero-order chi connectivity index (χ0) is 20.9. The fraction of sp³-hybridized carbons (Fsp3) is 0.579. The summed E-state index contributed by atoms with van der Waals surface area (Å²) in [6.07, 6.45) is -4.06. The van der Waals surface area contributed by atoms with E-state index in [1.165, 1.54) is 12.1 Å². The lowest BCUT2D eigenvalue weighted by molar-refractivity contribution is -0.140. The first-order valence-corrected chi connectivity index (χ1v) is 9.04. The Morgan fingerprint density at radius 1 is 1.21 bits per heavy atom. The van der Waals surface area contributed by atoms with Crippen molar-refractivity contribution in [1.29, 1.82) is 0 Å². The number of nitrogens with one attached hydrogen (secondary N) is 1. The summed E-state index contributed by atoms with van der Waals surface area (Å²) in [5.41, 5.74) is -0.689. The van der Waals surface area contributed by atoms with Crippen LogP contribution < -0.4 is 5.32 Å². The molecule has 0 radical (unpaired) electrons. The molecular formula is C19H26F3N3O3. The van der Waals surface area contributed by atoms with Gasteiger partial charge in [0.15, 0.2) is 5.96 Å². The number of nitrogens with zero attached hydrogens (tertiary/aromatic N) is 2. The molecule has 0 bridgehead atoms. The van der Waals surface area contributed by atoms with E-state index in [0.717, 1.165) is 12.1 Å². The van der Waals surface area contributed by atoms with Crippen molar-refractivity contribution in [2.24, 2.45) is 10.4 Å². The number of morpholine rings is 1. The summed E-state index contributed by atoms with van der Waals surface area (Å²) in [6.45, 7) is 7.75. The molecule has 2 N–H and O–H groups in total. The van der Waals surface area contributed by atoms with E-state index in [1.807, 2.05) is 25.7 Å². The number of alkyl halides is 3. The Labute approximate surface area is 162 Å². The number of carboxylic acids is 1. The van der Waals surface area contributed by atoms with Crippen LogP contribution in [-0.4, -0.2) is 54.3 Å². The van der Waals surface area contributed by atoms with Crippen LogP contribution in [0.5, 0.6) is 0 Å². The van der Waals surface area contributed by atoms with Gasteiger partial charge in [-0.1, -0.05) is 20.8 Å². The number of aliphatic carboxylic acids is 1. The van der Waals surface area contributed by atoms with Crippen LogP contribution in [-0.2, 0) is 15.7 Å². The van der Waals surface area contributed by atoms with E-state index >= 15 is 0 Å². The third-order valence-electron chi connectivity index (χ3n) is 4.16. The molecule has 1 aromatic rings. The first kappa shape index (κ1) is 22.0. The standard InChI is InChI=1S/C19H26F3N3O3/c1-18(2,3)12-15(16(26)27)24-17(25-8-10-28-11-9-25)23-14-6-4-13(5-7-14)19(20,21)22/h4-7,15H,8-12H2,1-3H3,(H,23,24)(H,26,27). The summed E-state index contributed by atoms with van der Waals surface area (Å²) in [6, 6.07) is 3.57. The number of carbonyl (C=O) groups is 1. The molecule has 1 unspecified atom stereocenters. The number of aliphatic imine (C=N–C) groups is 1. The van der Waals surface area contributed by atoms with Gasteiger partial charge in [-0.25, -0.2) is 9.79 Å². The molecule has 0 amide bonds. The molecule has 9 heteroatoms. The van der Waals surface area contributed by atoms with Gasteiger partial charge in [0.25, 0.3) is 0 Å². The summed E-state index contributed by atoms with van der Waals surface area (Å²) >= 11 is 0. The van der Waals surface area contributed by atoms with Crippen LogP contribution in [0.4, 0.5) is 18.9 Å². The van der Waals surface area contributed by atoms with Crippen molar-refractivity contribution < 1.29 is 27.8 Å². The Balaban J connectivity index is 2.30. The van der Waals surface area contributed by atoms with E-state index in [1.54, 1.807) is 0 Å². The summed E-state index contributed by atoms with van der Waals surface area (Å²) in [7, 11) is 0. The predicted octanol–water partition coefficient (Wildman–Crippen LogP) is 3.50. The first-order chi connectivity index (χ1) is 13.0. The molecule has 156 valence electrons. The van der Waals surface area contributed by atoms with Crippen molar-refractivity contribution in [2.75, 3.05) is 26.3 Å². The molecule has 0 aliphatic carbocycles. The van der Waals surface area contributed by atoms with Gasteiger partial charge in [0, 0.05) is 13.1 Å². The number of rotatable bonds is 4. The highest BCUT2D eigenvalue weighted by atomic mass is 19.4. The maximum atomic E-state index is 12.8. The number of hydrogen-bond donors (Lipinski definition) is 2. The lowest BCUT2D eigenvalue weighted by atomic mass is 9.88. The summed E-state index contributed by atoms with van der Waals surface area (Å²) in [5, 5.41) is 12.6. The molecule has 0 aromatic heterocycles. The van der Waals surface area contributed by atoms with Crippen molar-refractivity contribution in [3.8, 4) is 0 Å². The molecule has 2 rings (SSSR count). The van der Waals surface area contributed by atoms with Crippen LogP contribution in [0.3, 0.4) is 0 Å². The molecule has 1 atom stereocenters. The zero-order valence-corrected chi connectivity index (χ0v) is 16.2. The van der Waals surface area contributed by atoms with Crippen LogP contribution in [0.15, 0.2) is 29.3 Å². The Bertz CT molecular complexity index is 691. The van der Waals surface area contributed by atoms with Crippen molar-refractivity contribution in [3.05, 3.63) is 29.8 Å². The average molecular weight is 401 g/mol. The van der Waals surface area contributed by atoms with Gasteiger partial charge in [0.05, 0.1) is 24.5 Å². The van der Waals surface area contributed by atoms with Crippen molar-refractivity contribution in [3.63, 3.8) is 0 Å². The zero-order valence-electron chi connectivity index (χ0n) is 16.2. The van der Waals surface area contributed by atoms with E-state index < -0.39 is 23.8 Å². The van der Waals surface area contributed by atoms with E-state index in [-0.39, 0.29) is 5.41 Å². The van der Waals surface area contributed by atoms with Gasteiger partial charge in [-0.3, -0.25) is 0 Å². The Hall–Kier alpha value is -2.29. The van der Waals surface area contributed by atoms with Crippen molar-refractivity contribution in [1.82, 2.24) is 10.2 Å². The molecule has 0 spiro atoms. The fourth-order valence-electron chi connectivity index (χ4n) is 2.78. The smallest absolute Gasteiger partial charge is 0.416 e.